The van der Waals surface area contributed by atoms with Gasteiger partial charge in [0.15, 0.2) is 0 Å². The van der Waals surface area contributed by atoms with Crippen molar-refractivity contribution in [1.29, 1.82) is 0 Å². The molecule has 2 aromatic rings. The Labute approximate surface area is 122 Å². The van der Waals surface area contributed by atoms with Crippen molar-refractivity contribution >= 4 is 17.3 Å². The van der Waals surface area contributed by atoms with E-state index in [9.17, 15) is 22.0 Å². The van der Waals surface area contributed by atoms with Crippen LogP contribution in [0.25, 0.3) is 0 Å². The van der Waals surface area contributed by atoms with E-state index in [0.717, 1.165) is 18.2 Å². The Bertz CT molecular complexity index is 654. The molecule has 0 heterocycles. The average molecular weight is 322 g/mol. The summed E-state index contributed by atoms with van der Waals surface area (Å²) in [6, 6.07) is 6.14. The second-order valence-corrected chi connectivity index (χ2v) is 4.69. The van der Waals surface area contributed by atoms with Gasteiger partial charge >= 0.3 is 6.18 Å². The maximum absolute atomic E-state index is 13.0. The van der Waals surface area contributed by atoms with Crippen molar-refractivity contribution in [2.24, 2.45) is 0 Å². The summed E-state index contributed by atoms with van der Waals surface area (Å²) in [5, 5.41) is 2.54. The van der Waals surface area contributed by atoms with Gasteiger partial charge in [0.25, 0.3) is 0 Å². The van der Waals surface area contributed by atoms with Crippen molar-refractivity contribution in [2.45, 2.75) is 12.7 Å². The van der Waals surface area contributed by atoms with Crippen LogP contribution in [0, 0.1) is 11.6 Å². The second-order valence-electron chi connectivity index (χ2n) is 4.28. The third-order valence-electron chi connectivity index (χ3n) is 2.78. The average Bonchev–Trinajstić information content (AvgIpc) is 2.40. The van der Waals surface area contributed by atoms with Crippen LogP contribution in [0.5, 0.6) is 0 Å². The molecular formula is C14H9ClF5N. The van der Waals surface area contributed by atoms with E-state index in [-0.39, 0.29) is 17.1 Å². The first-order valence-corrected chi connectivity index (χ1v) is 6.20. The molecular weight excluding hydrogens is 313 g/mol. The van der Waals surface area contributed by atoms with Crippen molar-refractivity contribution in [2.75, 3.05) is 5.32 Å². The lowest BCUT2D eigenvalue weighted by atomic mass is 10.1. The third kappa shape index (κ3) is 3.85. The van der Waals surface area contributed by atoms with E-state index in [1.54, 1.807) is 0 Å². The summed E-state index contributed by atoms with van der Waals surface area (Å²) in [4.78, 5) is 0. The molecule has 0 radical (unpaired) electrons. The monoisotopic (exact) mass is 321 g/mol. The zero-order chi connectivity index (χ0) is 15.6. The van der Waals surface area contributed by atoms with Gasteiger partial charge in [0.1, 0.15) is 11.6 Å². The van der Waals surface area contributed by atoms with Gasteiger partial charge in [-0.15, -0.1) is 0 Å². The second kappa shape index (κ2) is 5.89. The maximum Gasteiger partial charge on any atom is 0.416 e. The van der Waals surface area contributed by atoms with Crippen molar-refractivity contribution in [3.8, 4) is 0 Å². The van der Waals surface area contributed by atoms with Gasteiger partial charge in [-0.05, 0) is 35.9 Å². The summed E-state index contributed by atoms with van der Waals surface area (Å²) in [7, 11) is 0. The quantitative estimate of drug-likeness (QED) is 0.761. The number of hydrogen-bond donors (Lipinski definition) is 1. The summed E-state index contributed by atoms with van der Waals surface area (Å²) in [6.45, 7) is -0.197. The van der Waals surface area contributed by atoms with Gasteiger partial charge < -0.3 is 5.32 Å². The molecule has 0 amide bonds. The van der Waals surface area contributed by atoms with E-state index in [2.05, 4.69) is 5.32 Å². The molecule has 0 aromatic heterocycles. The van der Waals surface area contributed by atoms with E-state index in [4.69, 9.17) is 11.6 Å². The Morgan fingerprint density at radius 3 is 2.33 bits per heavy atom. The maximum atomic E-state index is 13.0. The predicted molar refractivity (Wildman–Crippen MR) is 70.1 cm³/mol. The van der Waals surface area contributed by atoms with Gasteiger partial charge in [-0.2, -0.15) is 13.2 Å². The molecule has 1 N–H and O–H groups in total. The molecule has 0 atom stereocenters. The van der Waals surface area contributed by atoms with Crippen molar-refractivity contribution < 1.29 is 22.0 Å². The molecule has 112 valence electrons. The lowest BCUT2D eigenvalue weighted by Crippen LogP contribution is -2.12. The van der Waals surface area contributed by atoms with Crippen molar-refractivity contribution in [1.82, 2.24) is 0 Å². The molecule has 0 saturated carbocycles. The Balaban J connectivity index is 2.22. The number of halogens is 6. The highest BCUT2D eigenvalue weighted by atomic mass is 35.5. The normalized spacial score (nSPS) is 11.5. The molecule has 1 nitrogen and oxygen atoms in total. The van der Waals surface area contributed by atoms with Crippen LogP contribution < -0.4 is 5.32 Å². The molecule has 0 aliphatic rings. The highest BCUT2D eigenvalue weighted by molar-refractivity contribution is 6.31. The molecule has 0 spiro atoms. The van der Waals surface area contributed by atoms with Crippen LogP contribution in [0.2, 0.25) is 5.02 Å². The minimum atomic E-state index is -4.65. The van der Waals surface area contributed by atoms with E-state index in [0.29, 0.717) is 11.8 Å². The SMILES string of the molecule is Fc1ccc(CNc2ccc(F)c(Cl)c2)c(C(F)(F)F)c1. The number of nitrogens with one attached hydrogen (secondary N) is 1. The number of anilines is 1. The van der Waals surface area contributed by atoms with Crippen LogP contribution in [0.3, 0.4) is 0 Å². The standard InChI is InChI=1S/C14H9ClF5N/c15-12-6-10(3-4-13(12)17)21-7-8-1-2-9(16)5-11(8)14(18,19)20/h1-6,21H,7H2. The van der Waals surface area contributed by atoms with Crippen LogP contribution >= 0.6 is 11.6 Å². The fourth-order valence-corrected chi connectivity index (χ4v) is 1.95. The van der Waals surface area contributed by atoms with Crippen molar-refractivity contribution in [3.05, 3.63) is 64.2 Å². The van der Waals surface area contributed by atoms with E-state index >= 15 is 0 Å². The predicted octanol–water partition coefficient (Wildman–Crippen LogP) is 5.25. The molecule has 0 aliphatic heterocycles. The van der Waals surface area contributed by atoms with E-state index in [1.807, 2.05) is 0 Å². The fourth-order valence-electron chi connectivity index (χ4n) is 1.77. The van der Waals surface area contributed by atoms with Gasteiger partial charge in [0, 0.05) is 12.2 Å². The minimum absolute atomic E-state index is 0.121. The van der Waals surface area contributed by atoms with Crippen LogP contribution in [0.15, 0.2) is 36.4 Å². The van der Waals surface area contributed by atoms with Gasteiger partial charge in [-0.25, -0.2) is 8.78 Å². The molecule has 0 aliphatic carbocycles. The molecule has 2 aromatic carbocycles. The summed E-state index contributed by atoms with van der Waals surface area (Å²) in [6.07, 6.45) is -4.65. The highest BCUT2D eigenvalue weighted by Crippen LogP contribution is 2.33. The van der Waals surface area contributed by atoms with Crippen LogP contribution in [0.4, 0.5) is 27.6 Å². The molecule has 7 heteroatoms. The van der Waals surface area contributed by atoms with Crippen molar-refractivity contribution in [3.63, 3.8) is 0 Å². The lowest BCUT2D eigenvalue weighted by molar-refractivity contribution is -0.138. The summed E-state index contributed by atoms with van der Waals surface area (Å²) in [5.41, 5.74) is -0.814. The van der Waals surface area contributed by atoms with Gasteiger partial charge in [-0.3, -0.25) is 0 Å². The third-order valence-corrected chi connectivity index (χ3v) is 3.07. The van der Waals surface area contributed by atoms with Crippen LogP contribution in [-0.4, -0.2) is 0 Å². The minimum Gasteiger partial charge on any atom is -0.381 e. The Morgan fingerprint density at radius 2 is 1.71 bits per heavy atom. The molecule has 0 unspecified atom stereocenters. The Kier molecular flexibility index (Phi) is 4.37. The molecule has 0 bridgehead atoms. The molecule has 2 rings (SSSR count). The topological polar surface area (TPSA) is 12.0 Å². The Hall–Kier alpha value is -1.82. The smallest absolute Gasteiger partial charge is 0.381 e. The largest absolute Gasteiger partial charge is 0.416 e. The lowest BCUT2D eigenvalue weighted by Gasteiger charge is -2.14. The number of benzene rings is 2. The number of rotatable bonds is 3. The van der Waals surface area contributed by atoms with Gasteiger partial charge in [0.2, 0.25) is 0 Å². The highest BCUT2D eigenvalue weighted by Gasteiger charge is 2.33. The van der Waals surface area contributed by atoms with Crippen LogP contribution in [0.1, 0.15) is 11.1 Å². The molecule has 0 saturated heterocycles. The van der Waals surface area contributed by atoms with Gasteiger partial charge in [0.05, 0.1) is 10.6 Å². The van der Waals surface area contributed by atoms with E-state index in [1.165, 1.54) is 12.1 Å². The number of alkyl halides is 3. The molecule has 0 fully saturated rings. The van der Waals surface area contributed by atoms with Gasteiger partial charge in [-0.1, -0.05) is 17.7 Å². The first-order chi connectivity index (χ1) is 9.77. The summed E-state index contributed by atoms with van der Waals surface area (Å²) >= 11 is 5.58. The number of hydrogen-bond acceptors (Lipinski definition) is 1. The first kappa shape index (κ1) is 15.6. The zero-order valence-electron chi connectivity index (χ0n) is 10.4. The van der Waals surface area contributed by atoms with Crippen LogP contribution in [-0.2, 0) is 12.7 Å². The molecule has 21 heavy (non-hydrogen) atoms. The van der Waals surface area contributed by atoms with E-state index < -0.39 is 23.4 Å². The Morgan fingerprint density at radius 1 is 1.00 bits per heavy atom. The summed E-state index contributed by atoms with van der Waals surface area (Å²) in [5.74, 6) is -1.59. The summed E-state index contributed by atoms with van der Waals surface area (Å²) < 4.78 is 64.4. The first-order valence-electron chi connectivity index (χ1n) is 5.82. The fraction of sp³-hybridized carbons (Fsp3) is 0.143. The zero-order valence-corrected chi connectivity index (χ0v) is 11.2.